The minimum absolute atomic E-state index is 0.145. The summed E-state index contributed by atoms with van der Waals surface area (Å²) in [5, 5.41) is 12.5. The number of benzene rings is 2. The van der Waals surface area contributed by atoms with Crippen molar-refractivity contribution < 1.29 is 19.4 Å². The Hall–Kier alpha value is -2.82. The summed E-state index contributed by atoms with van der Waals surface area (Å²) in [6.07, 6.45) is 0.272. The standard InChI is InChI=1S/C20H21NO4/c1-2-20(21-19(24)25-13-14-8-4-3-5-9-14)16-11-7-6-10-15(16)12-17(20)18(22)23/h3-11,17H,2,12-13H2,1H3,(H,21,24)(H,22,23)/t17-,20-/m0/s1. The fourth-order valence-electron chi connectivity index (χ4n) is 3.63. The fraction of sp³-hybridized carbons (Fsp3) is 0.300. The number of nitrogens with one attached hydrogen (secondary N) is 1. The van der Waals surface area contributed by atoms with E-state index in [1.165, 1.54) is 0 Å². The van der Waals surface area contributed by atoms with Crippen LogP contribution in [0.5, 0.6) is 0 Å². The highest BCUT2D eigenvalue weighted by molar-refractivity contribution is 5.78. The van der Waals surface area contributed by atoms with Crippen LogP contribution in [-0.2, 0) is 28.1 Å². The van der Waals surface area contributed by atoms with Gasteiger partial charge in [0.25, 0.3) is 0 Å². The molecular formula is C20H21NO4. The van der Waals surface area contributed by atoms with Gasteiger partial charge in [0.2, 0.25) is 0 Å². The van der Waals surface area contributed by atoms with Crippen LogP contribution in [0.2, 0.25) is 0 Å². The molecule has 5 heteroatoms. The maximum Gasteiger partial charge on any atom is 0.408 e. The Bertz CT molecular complexity index is 774. The molecule has 0 radical (unpaired) electrons. The minimum Gasteiger partial charge on any atom is -0.481 e. The van der Waals surface area contributed by atoms with Gasteiger partial charge in [0.15, 0.2) is 0 Å². The topological polar surface area (TPSA) is 75.6 Å². The van der Waals surface area contributed by atoms with E-state index >= 15 is 0 Å². The Kier molecular flexibility index (Phi) is 4.74. The number of rotatable bonds is 5. The van der Waals surface area contributed by atoms with Crippen LogP contribution in [0.1, 0.15) is 30.0 Å². The molecule has 25 heavy (non-hydrogen) atoms. The molecule has 0 unspecified atom stereocenters. The molecule has 2 aromatic carbocycles. The first-order valence-electron chi connectivity index (χ1n) is 8.37. The average molecular weight is 339 g/mol. The number of amides is 1. The van der Waals surface area contributed by atoms with E-state index in [9.17, 15) is 14.7 Å². The largest absolute Gasteiger partial charge is 0.481 e. The molecule has 0 aliphatic heterocycles. The van der Waals surface area contributed by atoms with E-state index in [0.717, 1.165) is 16.7 Å². The highest BCUT2D eigenvalue weighted by Crippen LogP contribution is 2.44. The predicted octanol–water partition coefficient (Wildman–Crippen LogP) is 3.48. The number of aliphatic carboxylic acids is 1. The lowest BCUT2D eigenvalue weighted by Gasteiger charge is -2.34. The summed E-state index contributed by atoms with van der Waals surface area (Å²) in [6.45, 7) is 2.03. The number of carbonyl (C=O) groups excluding carboxylic acids is 1. The monoisotopic (exact) mass is 339 g/mol. The number of carboxylic acid groups (broad SMARTS) is 1. The first-order chi connectivity index (χ1) is 12.1. The molecule has 2 aromatic rings. The SMILES string of the molecule is CC[C@]1(NC(=O)OCc2ccccc2)c2ccccc2C[C@H]1C(=O)O. The number of hydrogen-bond donors (Lipinski definition) is 2. The highest BCUT2D eigenvalue weighted by atomic mass is 16.5. The van der Waals surface area contributed by atoms with Gasteiger partial charge in [-0.3, -0.25) is 4.79 Å². The molecule has 130 valence electrons. The molecular weight excluding hydrogens is 318 g/mol. The molecule has 1 aliphatic carbocycles. The maximum atomic E-state index is 12.4. The molecule has 0 heterocycles. The number of hydrogen-bond acceptors (Lipinski definition) is 3. The zero-order valence-corrected chi connectivity index (χ0v) is 14.1. The Morgan fingerprint density at radius 3 is 2.52 bits per heavy atom. The van der Waals surface area contributed by atoms with Crippen molar-refractivity contribution in [2.75, 3.05) is 0 Å². The van der Waals surface area contributed by atoms with Crippen LogP contribution < -0.4 is 5.32 Å². The first-order valence-corrected chi connectivity index (χ1v) is 8.37. The van der Waals surface area contributed by atoms with Gasteiger partial charge in [-0.15, -0.1) is 0 Å². The summed E-state index contributed by atoms with van der Waals surface area (Å²) in [5.41, 5.74) is 1.75. The third-order valence-electron chi connectivity index (χ3n) is 4.91. The normalized spacial score (nSPS) is 21.4. The van der Waals surface area contributed by atoms with Gasteiger partial charge in [0.1, 0.15) is 6.61 Å². The van der Waals surface area contributed by atoms with Gasteiger partial charge in [-0.1, -0.05) is 61.5 Å². The number of carboxylic acids is 1. The summed E-state index contributed by atoms with van der Waals surface area (Å²) < 4.78 is 5.32. The van der Waals surface area contributed by atoms with Gasteiger partial charge in [-0.2, -0.15) is 0 Å². The molecule has 1 amide bonds. The lowest BCUT2D eigenvalue weighted by molar-refractivity contribution is -0.144. The summed E-state index contributed by atoms with van der Waals surface area (Å²) in [5.74, 6) is -1.62. The zero-order valence-electron chi connectivity index (χ0n) is 14.1. The molecule has 0 bridgehead atoms. The lowest BCUT2D eigenvalue weighted by atomic mass is 9.81. The molecule has 1 aliphatic rings. The summed E-state index contributed by atoms with van der Waals surface area (Å²) >= 11 is 0. The van der Waals surface area contributed by atoms with Crippen molar-refractivity contribution in [1.29, 1.82) is 0 Å². The zero-order chi connectivity index (χ0) is 17.9. The van der Waals surface area contributed by atoms with Gasteiger partial charge < -0.3 is 15.2 Å². The molecule has 0 saturated carbocycles. The third kappa shape index (κ3) is 3.22. The molecule has 2 N–H and O–H groups in total. The maximum absolute atomic E-state index is 12.4. The lowest BCUT2D eigenvalue weighted by Crippen LogP contribution is -2.51. The van der Waals surface area contributed by atoms with Crippen molar-refractivity contribution in [3.8, 4) is 0 Å². The number of fused-ring (bicyclic) bond motifs is 1. The van der Waals surface area contributed by atoms with Crippen LogP contribution in [0.4, 0.5) is 4.79 Å². The second kappa shape index (κ2) is 6.97. The summed E-state index contributed by atoms with van der Waals surface area (Å²) in [7, 11) is 0. The van der Waals surface area contributed by atoms with Gasteiger partial charge in [0, 0.05) is 0 Å². The Morgan fingerprint density at radius 2 is 1.84 bits per heavy atom. The molecule has 0 aromatic heterocycles. The number of alkyl carbamates (subject to hydrolysis) is 1. The van der Waals surface area contributed by atoms with Crippen LogP contribution in [-0.4, -0.2) is 17.2 Å². The molecule has 2 atom stereocenters. The van der Waals surface area contributed by atoms with Crippen molar-refractivity contribution in [2.24, 2.45) is 5.92 Å². The molecule has 3 rings (SSSR count). The van der Waals surface area contributed by atoms with E-state index in [1.807, 2.05) is 61.5 Å². The van der Waals surface area contributed by atoms with Gasteiger partial charge in [-0.05, 0) is 29.5 Å². The van der Waals surface area contributed by atoms with Crippen LogP contribution in [0.25, 0.3) is 0 Å². The minimum atomic E-state index is -0.948. The Balaban J connectivity index is 1.81. The predicted molar refractivity (Wildman–Crippen MR) is 93.0 cm³/mol. The summed E-state index contributed by atoms with van der Waals surface area (Å²) in [6, 6.07) is 16.9. The van der Waals surface area contributed by atoms with Crippen molar-refractivity contribution in [3.63, 3.8) is 0 Å². The molecule has 0 saturated heterocycles. The van der Waals surface area contributed by atoms with E-state index in [4.69, 9.17) is 4.74 Å². The average Bonchev–Trinajstić information content (AvgIpc) is 2.96. The summed E-state index contributed by atoms with van der Waals surface area (Å²) in [4.78, 5) is 24.2. The third-order valence-corrected chi connectivity index (χ3v) is 4.91. The first kappa shape index (κ1) is 17.0. The quantitative estimate of drug-likeness (QED) is 0.874. The van der Waals surface area contributed by atoms with Crippen molar-refractivity contribution in [3.05, 3.63) is 71.3 Å². The second-order valence-electron chi connectivity index (χ2n) is 6.26. The number of carbonyl (C=O) groups is 2. The van der Waals surface area contributed by atoms with Crippen molar-refractivity contribution in [2.45, 2.75) is 31.9 Å². The van der Waals surface area contributed by atoms with Crippen LogP contribution in [0, 0.1) is 5.92 Å². The van der Waals surface area contributed by atoms with Crippen LogP contribution in [0.15, 0.2) is 54.6 Å². The van der Waals surface area contributed by atoms with E-state index in [0.29, 0.717) is 12.8 Å². The Morgan fingerprint density at radius 1 is 1.16 bits per heavy atom. The number of ether oxygens (including phenoxy) is 1. The van der Waals surface area contributed by atoms with Gasteiger partial charge in [-0.25, -0.2) is 4.79 Å². The van der Waals surface area contributed by atoms with Gasteiger partial charge in [0.05, 0.1) is 11.5 Å². The van der Waals surface area contributed by atoms with Crippen molar-refractivity contribution >= 4 is 12.1 Å². The highest BCUT2D eigenvalue weighted by Gasteiger charge is 2.50. The smallest absolute Gasteiger partial charge is 0.408 e. The van der Waals surface area contributed by atoms with E-state index < -0.39 is 23.5 Å². The van der Waals surface area contributed by atoms with Crippen molar-refractivity contribution in [1.82, 2.24) is 5.32 Å². The van der Waals surface area contributed by atoms with E-state index in [1.54, 1.807) is 0 Å². The van der Waals surface area contributed by atoms with Gasteiger partial charge >= 0.3 is 12.1 Å². The molecule has 0 fully saturated rings. The Labute approximate surface area is 146 Å². The molecule has 5 nitrogen and oxygen atoms in total. The molecule has 0 spiro atoms. The van der Waals surface area contributed by atoms with Crippen LogP contribution in [0.3, 0.4) is 0 Å². The second-order valence-corrected chi connectivity index (χ2v) is 6.26. The fourth-order valence-corrected chi connectivity index (χ4v) is 3.63. The van der Waals surface area contributed by atoms with E-state index in [2.05, 4.69) is 5.32 Å². The van der Waals surface area contributed by atoms with Crippen LogP contribution >= 0.6 is 0 Å². The van der Waals surface area contributed by atoms with E-state index in [-0.39, 0.29) is 6.61 Å².